The highest BCUT2D eigenvalue weighted by atomic mass is 19.1. The maximum Gasteiger partial charge on any atom is 0.166 e. The summed E-state index contributed by atoms with van der Waals surface area (Å²) in [4.78, 5) is 12.1. The van der Waals surface area contributed by atoms with E-state index in [1.165, 1.54) is 18.6 Å². The molecule has 86 valence electrons. The molecule has 2 rings (SSSR count). The van der Waals surface area contributed by atoms with Crippen LogP contribution in [0.2, 0.25) is 0 Å². The highest BCUT2D eigenvalue weighted by Gasteiger charge is 2.25. The van der Waals surface area contributed by atoms with E-state index in [0.29, 0.717) is 11.5 Å². The third-order valence-electron chi connectivity index (χ3n) is 3.42. The summed E-state index contributed by atoms with van der Waals surface area (Å²) in [5.74, 6) is 0.516. The van der Waals surface area contributed by atoms with Crippen LogP contribution in [0, 0.1) is 17.7 Å². The van der Waals surface area contributed by atoms with Gasteiger partial charge in [-0.05, 0) is 30.9 Å². The van der Waals surface area contributed by atoms with Crippen molar-refractivity contribution in [1.82, 2.24) is 0 Å². The summed E-state index contributed by atoms with van der Waals surface area (Å²) in [7, 11) is 0. The van der Waals surface area contributed by atoms with Gasteiger partial charge >= 0.3 is 0 Å². The first-order valence-corrected chi connectivity index (χ1v) is 5.96. The van der Waals surface area contributed by atoms with Gasteiger partial charge in [-0.25, -0.2) is 4.39 Å². The lowest BCUT2D eigenvalue weighted by atomic mass is 9.79. The lowest BCUT2D eigenvalue weighted by Gasteiger charge is -2.25. The number of carbonyl (C=O) groups is 1. The topological polar surface area (TPSA) is 17.1 Å². The molecule has 0 bridgehead atoms. The predicted molar refractivity (Wildman–Crippen MR) is 61.9 cm³/mol. The van der Waals surface area contributed by atoms with Gasteiger partial charge < -0.3 is 0 Å². The van der Waals surface area contributed by atoms with Crippen LogP contribution in [0.1, 0.15) is 43.0 Å². The Morgan fingerprint density at radius 3 is 2.88 bits per heavy atom. The van der Waals surface area contributed by atoms with Crippen molar-refractivity contribution >= 4 is 5.78 Å². The van der Waals surface area contributed by atoms with Crippen LogP contribution in [0.5, 0.6) is 0 Å². The van der Waals surface area contributed by atoms with Crippen LogP contribution in [0.4, 0.5) is 4.39 Å². The summed E-state index contributed by atoms with van der Waals surface area (Å²) < 4.78 is 13.0. The van der Waals surface area contributed by atoms with E-state index in [4.69, 9.17) is 0 Å². The predicted octanol–water partition coefficient (Wildman–Crippen LogP) is 3.83. The minimum absolute atomic E-state index is 0.102. The molecule has 0 aliphatic heterocycles. The second kappa shape index (κ2) is 4.77. The van der Waals surface area contributed by atoms with Gasteiger partial charge in [-0.2, -0.15) is 0 Å². The minimum atomic E-state index is -0.324. The van der Waals surface area contributed by atoms with E-state index in [-0.39, 0.29) is 17.5 Å². The Hall–Kier alpha value is -1.18. The van der Waals surface area contributed by atoms with Crippen molar-refractivity contribution in [3.63, 3.8) is 0 Å². The summed E-state index contributed by atoms with van der Waals surface area (Å²) in [6.07, 6.45) is 4.24. The highest BCUT2D eigenvalue weighted by molar-refractivity contribution is 5.97. The maximum atomic E-state index is 13.0. The molecule has 0 amide bonds. The molecule has 1 aliphatic rings. The van der Waals surface area contributed by atoms with E-state index in [2.05, 4.69) is 6.92 Å². The lowest BCUT2D eigenvalue weighted by Crippen LogP contribution is -2.21. The molecule has 1 aliphatic carbocycles. The normalized spacial score (nSPS) is 25.4. The summed E-state index contributed by atoms with van der Waals surface area (Å²) in [6, 6.07) is 6.04. The largest absolute Gasteiger partial charge is 0.294 e. The van der Waals surface area contributed by atoms with Gasteiger partial charge in [-0.15, -0.1) is 0 Å². The first kappa shape index (κ1) is 11.3. The van der Waals surface area contributed by atoms with Crippen LogP contribution >= 0.6 is 0 Å². The van der Waals surface area contributed by atoms with Crippen molar-refractivity contribution in [2.45, 2.75) is 32.6 Å². The van der Waals surface area contributed by atoms with Gasteiger partial charge in [0.15, 0.2) is 5.78 Å². The van der Waals surface area contributed by atoms with Crippen LogP contribution in [0.15, 0.2) is 24.3 Å². The molecule has 1 saturated carbocycles. The van der Waals surface area contributed by atoms with Crippen molar-refractivity contribution in [3.8, 4) is 0 Å². The van der Waals surface area contributed by atoms with Crippen molar-refractivity contribution in [3.05, 3.63) is 35.6 Å². The number of hydrogen-bond acceptors (Lipinski definition) is 1. The minimum Gasteiger partial charge on any atom is -0.294 e. The summed E-state index contributed by atoms with van der Waals surface area (Å²) in [6.45, 7) is 2.19. The number of ketones is 1. The van der Waals surface area contributed by atoms with E-state index in [9.17, 15) is 9.18 Å². The van der Waals surface area contributed by atoms with Gasteiger partial charge in [-0.1, -0.05) is 31.9 Å². The van der Waals surface area contributed by atoms with Crippen molar-refractivity contribution < 1.29 is 9.18 Å². The standard InChI is InChI=1S/C14H17FO/c1-10-4-2-5-11(8-10)14(16)12-6-3-7-13(15)9-12/h3,6-7,9-11H,2,4-5,8H2,1H3. The zero-order chi connectivity index (χ0) is 11.5. The molecular formula is C14H17FO. The van der Waals surface area contributed by atoms with E-state index < -0.39 is 0 Å². The second-order valence-electron chi connectivity index (χ2n) is 4.84. The van der Waals surface area contributed by atoms with Gasteiger partial charge in [0.05, 0.1) is 0 Å². The molecule has 2 heteroatoms. The quantitative estimate of drug-likeness (QED) is 0.692. The summed E-state index contributed by atoms with van der Waals surface area (Å²) in [5.41, 5.74) is 0.527. The van der Waals surface area contributed by atoms with E-state index in [0.717, 1.165) is 19.3 Å². The number of halogens is 1. The molecule has 1 aromatic rings. The summed E-state index contributed by atoms with van der Waals surface area (Å²) in [5, 5.41) is 0. The van der Waals surface area contributed by atoms with Crippen molar-refractivity contribution in [2.75, 3.05) is 0 Å². The van der Waals surface area contributed by atoms with E-state index >= 15 is 0 Å². The molecule has 2 unspecified atom stereocenters. The van der Waals surface area contributed by atoms with Gasteiger partial charge in [0.25, 0.3) is 0 Å². The van der Waals surface area contributed by atoms with Crippen molar-refractivity contribution in [1.29, 1.82) is 0 Å². The Morgan fingerprint density at radius 1 is 1.38 bits per heavy atom. The fraction of sp³-hybridized carbons (Fsp3) is 0.500. The third-order valence-corrected chi connectivity index (χ3v) is 3.42. The van der Waals surface area contributed by atoms with E-state index in [1.807, 2.05) is 0 Å². The fourth-order valence-corrected chi connectivity index (χ4v) is 2.55. The SMILES string of the molecule is CC1CCCC(C(=O)c2cccc(F)c2)C1. The zero-order valence-corrected chi connectivity index (χ0v) is 9.58. The van der Waals surface area contributed by atoms with Crippen molar-refractivity contribution in [2.24, 2.45) is 11.8 Å². The fourth-order valence-electron chi connectivity index (χ4n) is 2.55. The molecule has 2 atom stereocenters. The zero-order valence-electron chi connectivity index (χ0n) is 9.58. The smallest absolute Gasteiger partial charge is 0.166 e. The molecular weight excluding hydrogens is 203 g/mol. The lowest BCUT2D eigenvalue weighted by molar-refractivity contribution is 0.0868. The number of hydrogen-bond donors (Lipinski definition) is 0. The van der Waals surface area contributed by atoms with Crippen LogP contribution in [-0.2, 0) is 0 Å². The number of Topliss-reactive ketones (excluding diaryl/α,β-unsaturated/α-hetero) is 1. The van der Waals surface area contributed by atoms with Crippen LogP contribution in [0.25, 0.3) is 0 Å². The molecule has 0 spiro atoms. The van der Waals surface area contributed by atoms with Crippen LogP contribution < -0.4 is 0 Å². The Balaban J connectivity index is 2.12. The van der Waals surface area contributed by atoms with Gasteiger partial charge in [-0.3, -0.25) is 4.79 Å². The second-order valence-corrected chi connectivity index (χ2v) is 4.84. The van der Waals surface area contributed by atoms with E-state index in [1.54, 1.807) is 12.1 Å². The molecule has 0 heterocycles. The van der Waals surface area contributed by atoms with Crippen LogP contribution in [0.3, 0.4) is 0 Å². The molecule has 0 N–H and O–H groups in total. The average Bonchev–Trinajstić information content (AvgIpc) is 2.28. The summed E-state index contributed by atoms with van der Waals surface area (Å²) >= 11 is 0. The molecule has 16 heavy (non-hydrogen) atoms. The molecule has 1 fully saturated rings. The number of rotatable bonds is 2. The van der Waals surface area contributed by atoms with Gasteiger partial charge in [0.1, 0.15) is 5.82 Å². The molecule has 1 aromatic carbocycles. The maximum absolute atomic E-state index is 13.0. The van der Waals surface area contributed by atoms with Gasteiger partial charge in [0, 0.05) is 11.5 Å². The van der Waals surface area contributed by atoms with Crippen LogP contribution in [-0.4, -0.2) is 5.78 Å². The molecule has 0 aromatic heterocycles. The number of benzene rings is 1. The Morgan fingerprint density at radius 2 is 2.19 bits per heavy atom. The molecule has 0 radical (unpaired) electrons. The molecule has 0 saturated heterocycles. The average molecular weight is 220 g/mol. The number of carbonyl (C=O) groups excluding carboxylic acids is 1. The Bertz CT molecular complexity index is 386. The Kier molecular flexibility index (Phi) is 3.37. The first-order valence-electron chi connectivity index (χ1n) is 5.96. The first-order chi connectivity index (χ1) is 7.66. The monoisotopic (exact) mass is 220 g/mol. The Labute approximate surface area is 95.7 Å². The van der Waals surface area contributed by atoms with Gasteiger partial charge in [0.2, 0.25) is 0 Å². The molecule has 1 nitrogen and oxygen atoms in total. The third kappa shape index (κ3) is 2.49. The highest BCUT2D eigenvalue weighted by Crippen LogP contribution is 2.30.